The van der Waals surface area contributed by atoms with Crippen LogP contribution in [0.5, 0.6) is 5.75 Å². The monoisotopic (exact) mass is 285 g/mol. The zero-order valence-electron chi connectivity index (χ0n) is 11.3. The number of halogens is 1. The fraction of sp³-hybridized carbons (Fsp3) is 0.250. The highest BCUT2D eigenvalue weighted by Crippen LogP contribution is 2.26. The number of hydrogen-bond acceptors (Lipinski definition) is 3. The van der Waals surface area contributed by atoms with Gasteiger partial charge >= 0.3 is 0 Å². The van der Waals surface area contributed by atoms with Crippen LogP contribution in [0.2, 0.25) is 0 Å². The predicted octanol–water partition coefficient (Wildman–Crippen LogP) is 2.35. The molecule has 1 aromatic carbocycles. The second-order valence-corrected chi connectivity index (χ2v) is 4.88. The van der Waals surface area contributed by atoms with Gasteiger partial charge in [-0.2, -0.15) is 0 Å². The molecule has 1 unspecified atom stereocenters. The molecular weight excluding hydrogens is 271 g/mol. The van der Waals surface area contributed by atoms with E-state index in [1.165, 1.54) is 6.07 Å². The van der Waals surface area contributed by atoms with Gasteiger partial charge in [0.05, 0.1) is 6.54 Å². The normalized spacial score (nSPS) is 18.1. The molecule has 0 spiro atoms. The molecule has 1 fully saturated rings. The summed E-state index contributed by atoms with van der Waals surface area (Å²) in [4.78, 5) is 15.0. The maximum atomic E-state index is 14.1. The smallest absolute Gasteiger partial charge is 0.220 e. The molecule has 3 rings (SSSR count). The van der Waals surface area contributed by atoms with E-state index in [1.54, 1.807) is 30.6 Å². The van der Waals surface area contributed by atoms with Crippen molar-refractivity contribution in [1.82, 2.24) is 10.3 Å². The average molecular weight is 285 g/mol. The number of carbonyl (C=O) groups is 1. The van der Waals surface area contributed by atoms with Crippen LogP contribution in [0.4, 0.5) is 4.39 Å². The number of ether oxygens (including phenoxy) is 1. The number of amides is 1. The molecule has 4 nitrogen and oxygen atoms in total. The first-order chi connectivity index (χ1) is 10.2. The molecule has 2 heterocycles. The molecule has 1 N–H and O–H groups in total. The highest BCUT2D eigenvalue weighted by molar-refractivity contribution is 5.76. The van der Waals surface area contributed by atoms with Gasteiger partial charge < -0.3 is 10.1 Å². The first-order valence-corrected chi connectivity index (χ1v) is 6.77. The van der Waals surface area contributed by atoms with Crippen molar-refractivity contribution in [3.63, 3.8) is 0 Å². The van der Waals surface area contributed by atoms with E-state index in [4.69, 9.17) is 4.74 Å². The van der Waals surface area contributed by atoms with Gasteiger partial charge in [0, 0.05) is 36.0 Å². The summed E-state index contributed by atoms with van der Waals surface area (Å²) in [6.45, 7) is 0.449. The Morgan fingerprint density at radius 1 is 1.48 bits per heavy atom. The van der Waals surface area contributed by atoms with Crippen molar-refractivity contribution >= 4 is 5.91 Å². The standard InChI is InChI=1S/C16H14FN2O2/c17-15-8-12(21-13-4-6-16(20)19-10-13)3-5-14(15)11-2-1-7-18-9-11/h1-3,7-9,13H,4,6,10H2,(H,19,20). The van der Waals surface area contributed by atoms with Gasteiger partial charge in [-0.1, -0.05) is 6.07 Å². The molecule has 0 saturated carbocycles. The second kappa shape index (κ2) is 5.91. The lowest BCUT2D eigenvalue weighted by Crippen LogP contribution is -2.40. The Kier molecular flexibility index (Phi) is 3.81. The zero-order valence-corrected chi connectivity index (χ0v) is 11.3. The van der Waals surface area contributed by atoms with Crippen molar-refractivity contribution in [2.45, 2.75) is 18.9 Å². The molecule has 107 valence electrons. The Labute approximate surface area is 122 Å². The largest absolute Gasteiger partial charge is 0.488 e. The first kappa shape index (κ1) is 13.5. The molecule has 0 aliphatic carbocycles. The number of nitrogens with one attached hydrogen (secondary N) is 1. The van der Waals surface area contributed by atoms with Crippen molar-refractivity contribution in [1.29, 1.82) is 0 Å². The average Bonchev–Trinajstić information content (AvgIpc) is 2.51. The molecule has 21 heavy (non-hydrogen) atoms. The second-order valence-electron chi connectivity index (χ2n) is 4.88. The van der Waals surface area contributed by atoms with Crippen molar-refractivity contribution < 1.29 is 13.9 Å². The molecule has 1 amide bonds. The number of nitrogens with zero attached hydrogens (tertiary/aromatic N) is 1. The number of aromatic nitrogens is 1. The Morgan fingerprint density at radius 2 is 2.38 bits per heavy atom. The summed E-state index contributed by atoms with van der Waals surface area (Å²) in [5, 5.41) is 2.73. The molecule has 1 aliphatic heterocycles. The van der Waals surface area contributed by atoms with Crippen LogP contribution in [0.1, 0.15) is 12.8 Å². The lowest BCUT2D eigenvalue weighted by Gasteiger charge is -2.23. The van der Waals surface area contributed by atoms with E-state index >= 15 is 0 Å². The summed E-state index contributed by atoms with van der Waals surface area (Å²) in [5.74, 6) is 0.0427. The molecule has 5 heteroatoms. The van der Waals surface area contributed by atoms with Gasteiger partial charge in [0.2, 0.25) is 5.91 Å². The number of pyridine rings is 1. The summed E-state index contributed by atoms with van der Waals surface area (Å²) in [7, 11) is 0. The Bertz CT molecular complexity index is 636. The van der Waals surface area contributed by atoms with Crippen LogP contribution in [0, 0.1) is 11.9 Å². The van der Waals surface area contributed by atoms with Crippen LogP contribution in [-0.2, 0) is 4.79 Å². The lowest BCUT2D eigenvalue weighted by atomic mass is 10.1. The SMILES string of the molecule is O=C1CCC(Oc2c[c]c(-c3cccnc3)c(F)c2)CN1. The molecule has 2 aromatic rings. The number of rotatable bonds is 3. The van der Waals surface area contributed by atoms with Gasteiger partial charge in [-0.15, -0.1) is 0 Å². The van der Waals surface area contributed by atoms with Gasteiger partial charge in [0.15, 0.2) is 0 Å². The highest BCUT2D eigenvalue weighted by atomic mass is 19.1. The molecule has 1 atom stereocenters. The minimum Gasteiger partial charge on any atom is -0.488 e. The number of hydrogen-bond donors (Lipinski definition) is 1. The molecule has 1 saturated heterocycles. The minimum absolute atomic E-state index is 0.0273. The van der Waals surface area contributed by atoms with Gasteiger partial charge in [0.1, 0.15) is 17.7 Å². The van der Waals surface area contributed by atoms with Crippen LogP contribution >= 0.6 is 0 Å². The van der Waals surface area contributed by atoms with Crippen LogP contribution < -0.4 is 10.1 Å². The third-order valence-electron chi connectivity index (χ3n) is 3.34. The van der Waals surface area contributed by atoms with Crippen molar-refractivity contribution in [2.75, 3.05) is 6.54 Å². The van der Waals surface area contributed by atoms with Crippen molar-refractivity contribution in [3.05, 3.63) is 48.5 Å². The Balaban J connectivity index is 1.74. The third kappa shape index (κ3) is 3.18. The van der Waals surface area contributed by atoms with Crippen LogP contribution in [-0.4, -0.2) is 23.5 Å². The molecule has 0 bridgehead atoms. The molecule has 1 aliphatic rings. The highest BCUT2D eigenvalue weighted by Gasteiger charge is 2.19. The summed E-state index contributed by atoms with van der Waals surface area (Å²) in [5.41, 5.74) is 1.04. The maximum absolute atomic E-state index is 14.1. The zero-order chi connectivity index (χ0) is 14.7. The minimum atomic E-state index is -0.402. The number of benzene rings is 1. The van der Waals surface area contributed by atoms with E-state index in [0.29, 0.717) is 36.3 Å². The fourth-order valence-electron chi connectivity index (χ4n) is 2.25. The lowest BCUT2D eigenvalue weighted by molar-refractivity contribution is -0.123. The van der Waals surface area contributed by atoms with Crippen LogP contribution in [0.15, 0.2) is 36.7 Å². The third-order valence-corrected chi connectivity index (χ3v) is 3.34. The molecule has 1 aromatic heterocycles. The van der Waals surface area contributed by atoms with Gasteiger partial charge in [0.25, 0.3) is 0 Å². The maximum Gasteiger partial charge on any atom is 0.220 e. The van der Waals surface area contributed by atoms with E-state index in [9.17, 15) is 9.18 Å². The number of piperidine rings is 1. The van der Waals surface area contributed by atoms with E-state index in [-0.39, 0.29) is 12.0 Å². The van der Waals surface area contributed by atoms with Gasteiger partial charge in [-0.25, -0.2) is 4.39 Å². The summed E-state index contributed by atoms with van der Waals surface area (Å²) in [6.07, 6.45) is 4.17. The fourth-order valence-corrected chi connectivity index (χ4v) is 2.25. The molecule has 1 radical (unpaired) electrons. The first-order valence-electron chi connectivity index (χ1n) is 6.77. The Hall–Kier alpha value is -2.43. The van der Waals surface area contributed by atoms with E-state index < -0.39 is 5.82 Å². The summed E-state index contributed by atoms with van der Waals surface area (Å²) < 4.78 is 19.8. The Morgan fingerprint density at radius 3 is 3.05 bits per heavy atom. The van der Waals surface area contributed by atoms with Crippen LogP contribution in [0.3, 0.4) is 0 Å². The predicted molar refractivity (Wildman–Crippen MR) is 75.1 cm³/mol. The quantitative estimate of drug-likeness (QED) is 0.941. The van der Waals surface area contributed by atoms with E-state index in [0.717, 1.165) is 0 Å². The van der Waals surface area contributed by atoms with Gasteiger partial charge in [-0.05, 0) is 24.6 Å². The summed E-state index contributed by atoms with van der Waals surface area (Å²) >= 11 is 0. The van der Waals surface area contributed by atoms with Crippen molar-refractivity contribution in [3.8, 4) is 16.9 Å². The topological polar surface area (TPSA) is 51.2 Å². The van der Waals surface area contributed by atoms with Gasteiger partial charge in [-0.3, -0.25) is 9.78 Å². The summed E-state index contributed by atoms with van der Waals surface area (Å²) in [6, 6.07) is 9.37. The number of carbonyl (C=O) groups excluding carboxylic acids is 1. The van der Waals surface area contributed by atoms with E-state index in [2.05, 4.69) is 16.4 Å². The van der Waals surface area contributed by atoms with Crippen molar-refractivity contribution in [2.24, 2.45) is 0 Å². The van der Waals surface area contributed by atoms with E-state index in [1.807, 2.05) is 0 Å². The van der Waals surface area contributed by atoms with Crippen LogP contribution in [0.25, 0.3) is 11.1 Å². The molecular formula is C16H14FN2O2.